The van der Waals surface area contributed by atoms with Crippen LogP contribution in [0.4, 0.5) is 14.0 Å². The molecule has 3 saturated carbocycles. The molecular formula is C43H51FN2O12. The van der Waals surface area contributed by atoms with Crippen molar-refractivity contribution in [2.45, 2.75) is 91.1 Å². The van der Waals surface area contributed by atoms with Gasteiger partial charge >= 0.3 is 17.8 Å². The first-order chi connectivity index (χ1) is 27.4. The number of carbonyl (C=O) groups excluding carboxylic acids is 4. The van der Waals surface area contributed by atoms with Crippen molar-refractivity contribution >= 4 is 45.7 Å². The van der Waals surface area contributed by atoms with Crippen LogP contribution in [0.1, 0.15) is 68.9 Å². The SMILES string of the molecule is Cc1oc2c(C)c3oc(=O)cc(C)c3cc2c1CNC(=O)OCCOCCNC(=O)OCC(=O)[C@@]1(O)[C@H](C)CC2C3CCC4=CC(=O)C=CC4(C)[C@@]3(F)C(O)CC21C. The van der Waals surface area contributed by atoms with Crippen molar-refractivity contribution in [3.05, 3.63) is 68.8 Å². The Labute approximate surface area is 334 Å². The smallest absolute Gasteiger partial charge is 0.407 e. The summed E-state index contributed by atoms with van der Waals surface area (Å²) in [7, 11) is 0. The highest BCUT2D eigenvalue weighted by Gasteiger charge is 2.75. The summed E-state index contributed by atoms with van der Waals surface area (Å²) in [6.45, 7) is 10.0. The summed E-state index contributed by atoms with van der Waals surface area (Å²) < 4.78 is 44.6. The molecule has 0 aliphatic heterocycles. The number of hydrogen-bond acceptors (Lipinski definition) is 12. The second-order valence-corrected chi connectivity index (χ2v) is 16.8. The predicted molar refractivity (Wildman–Crippen MR) is 208 cm³/mol. The van der Waals surface area contributed by atoms with Crippen LogP contribution in [0.3, 0.4) is 0 Å². The van der Waals surface area contributed by atoms with Gasteiger partial charge in [-0.05, 0) is 89.0 Å². The van der Waals surface area contributed by atoms with Crippen molar-refractivity contribution in [3.8, 4) is 0 Å². The molecule has 4 aliphatic rings. The van der Waals surface area contributed by atoms with Crippen molar-refractivity contribution in [2.24, 2.45) is 28.6 Å². The lowest BCUT2D eigenvalue weighted by atomic mass is 9.44. The van der Waals surface area contributed by atoms with Crippen LogP contribution in [0.25, 0.3) is 21.9 Å². The van der Waals surface area contributed by atoms with E-state index in [1.54, 1.807) is 33.8 Å². The molecule has 312 valence electrons. The molecule has 0 spiro atoms. The van der Waals surface area contributed by atoms with E-state index in [-0.39, 0.29) is 45.1 Å². The second-order valence-electron chi connectivity index (χ2n) is 16.8. The van der Waals surface area contributed by atoms with E-state index in [4.69, 9.17) is 23.0 Å². The Morgan fingerprint density at radius 2 is 1.69 bits per heavy atom. The monoisotopic (exact) mass is 806 g/mol. The molecular weight excluding hydrogens is 755 g/mol. The number of fused-ring (bicyclic) bond motifs is 7. The third-order valence-corrected chi connectivity index (χ3v) is 13.8. The Hall–Kier alpha value is -4.86. The molecule has 0 radical (unpaired) electrons. The molecule has 2 heterocycles. The molecule has 8 atom stereocenters. The molecule has 2 amide bonds. The molecule has 5 unspecified atom stereocenters. The van der Waals surface area contributed by atoms with Gasteiger partial charge < -0.3 is 43.9 Å². The molecule has 0 bridgehead atoms. The number of ether oxygens (including phenoxy) is 3. The number of allylic oxidation sites excluding steroid dienone is 4. The maximum Gasteiger partial charge on any atom is 0.407 e. The number of rotatable bonds is 11. The number of Topliss-reactive ketones (excluding diaryl/α,β-unsaturated/α-hetero) is 1. The Kier molecular flexibility index (Phi) is 10.7. The standard InChI is InChI=1S/C43H51FN2O12/c1-22-15-35(50)58-36-24(3)37-29(18-28(22)36)30(25(4)57-37)20-46-39(52)55-14-13-54-12-11-45-38(51)56-21-34(49)43(53)23(2)16-32-31-8-7-26-17-27(47)9-10-40(26,5)42(31,44)33(48)19-41(32,43)6/h9-10,15,17-18,23,31-33,48,53H,7-8,11-14,16,19-21H2,1-6H3,(H,45,51)(H,46,52)/t23-,31?,32?,33?,40?,41?,42+,43+/m1/s1. The largest absolute Gasteiger partial charge is 0.461 e. The lowest BCUT2D eigenvalue weighted by Crippen LogP contribution is -2.69. The third kappa shape index (κ3) is 6.45. The molecule has 7 rings (SSSR count). The summed E-state index contributed by atoms with van der Waals surface area (Å²) in [6.07, 6.45) is 2.25. The fourth-order valence-electron chi connectivity index (χ4n) is 10.7. The van der Waals surface area contributed by atoms with E-state index in [0.29, 0.717) is 47.3 Å². The number of nitrogens with one attached hydrogen (secondary N) is 2. The van der Waals surface area contributed by atoms with Crippen molar-refractivity contribution in [2.75, 3.05) is 33.0 Å². The van der Waals surface area contributed by atoms with Crippen LogP contribution in [0.2, 0.25) is 0 Å². The normalized spacial score (nSPS) is 31.3. The highest BCUT2D eigenvalue weighted by molar-refractivity contribution is 6.01. The van der Waals surface area contributed by atoms with E-state index in [1.165, 1.54) is 18.2 Å². The van der Waals surface area contributed by atoms with Gasteiger partial charge in [0.25, 0.3) is 0 Å². The quantitative estimate of drug-likeness (QED) is 0.143. The number of aliphatic hydroxyl groups excluding tert-OH is 1. The highest BCUT2D eigenvalue weighted by atomic mass is 19.1. The van der Waals surface area contributed by atoms with Crippen LogP contribution in [-0.4, -0.2) is 84.3 Å². The topological polar surface area (TPSA) is 204 Å². The lowest BCUT2D eigenvalue weighted by Gasteiger charge is -2.62. The molecule has 4 N–H and O–H groups in total. The van der Waals surface area contributed by atoms with Crippen LogP contribution in [0, 0.1) is 49.4 Å². The number of aliphatic hydroxyl groups is 2. The van der Waals surface area contributed by atoms with Gasteiger partial charge in [-0.1, -0.05) is 25.5 Å². The van der Waals surface area contributed by atoms with E-state index < -0.39 is 76.2 Å². The molecule has 2 aromatic heterocycles. The number of benzene rings is 1. The molecule has 3 aromatic rings. The van der Waals surface area contributed by atoms with Gasteiger partial charge in [-0.3, -0.25) is 9.59 Å². The van der Waals surface area contributed by atoms with Gasteiger partial charge in [-0.15, -0.1) is 0 Å². The van der Waals surface area contributed by atoms with Gasteiger partial charge in [0.2, 0.25) is 5.78 Å². The van der Waals surface area contributed by atoms with Crippen LogP contribution in [0.15, 0.2) is 49.6 Å². The first-order valence-electron chi connectivity index (χ1n) is 19.8. The van der Waals surface area contributed by atoms with Crippen molar-refractivity contribution in [3.63, 3.8) is 0 Å². The van der Waals surface area contributed by atoms with Crippen LogP contribution >= 0.6 is 0 Å². The van der Waals surface area contributed by atoms with Gasteiger partial charge in [-0.2, -0.15) is 0 Å². The molecule has 3 fully saturated rings. The van der Waals surface area contributed by atoms with Gasteiger partial charge in [0, 0.05) is 51.3 Å². The van der Waals surface area contributed by atoms with Crippen LogP contribution in [0.5, 0.6) is 0 Å². The summed E-state index contributed by atoms with van der Waals surface area (Å²) in [5.41, 5.74) is -3.04. The summed E-state index contributed by atoms with van der Waals surface area (Å²) in [6, 6.07) is 3.30. The van der Waals surface area contributed by atoms with Crippen molar-refractivity contribution < 1.29 is 56.8 Å². The number of halogens is 1. The fourth-order valence-corrected chi connectivity index (χ4v) is 10.7. The average molecular weight is 807 g/mol. The Morgan fingerprint density at radius 1 is 0.966 bits per heavy atom. The second kappa shape index (κ2) is 15.1. The summed E-state index contributed by atoms with van der Waals surface area (Å²) >= 11 is 0. The number of alkyl carbamates (subject to hydrolysis) is 2. The summed E-state index contributed by atoms with van der Waals surface area (Å²) in [5, 5.41) is 30.4. The van der Waals surface area contributed by atoms with Crippen LogP contribution in [-0.2, 0) is 30.3 Å². The number of aryl methyl sites for hydroxylation is 3. The zero-order chi connectivity index (χ0) is 41.9. The van der Waals surface area contributed by atoms with Gasteiger partial charge in [0.15, 0.2) is 18.1 Å². The zero-order valence-corrected chi connectivity index (χ0v) is 33.6. The first kappa shape index (κ1) is 41.3. The highest BCUT2D eigenvalue weighted by Crippen LogP contribution is 2.70. The maximum absolute atomic E-state index is 17.4. The minimum absolute atomic E-state index is 0.0191. The van der Waals surface area contributed by atoms with E-state index in [9.17, 15) is 34.2 Å². The first-order valence-corrected chi connectivity index (χ1v) is 19.8. The number of hydrogen-bond donors (Lipinski definition) is 4. The van der Waals surface area contributed by atoms with Gasteiger partial charge in [0.05, 0.1) is 25.9 Å². The Bertz CT molecular complexity index is 2310. The summed E-state index contributed by atoms with van der Waals surface area (Å²) in [5.74, 6) is -2.06. The number of ketones is 2. The van der Waals surface area contributed by atoms with Crippen LogP contribution < -0.4 is 16.3 Å². The van der Waals surface area contributed by atoms with E-state index in [1.807, 2.05) is 19.9 Å². The molecule has 58 heavy (non-hydrogen) atoms. The lowest BCUT2D eigenvalue weighted by molar-refractivity contribution is -0.219. The predicted octanol–water partition coefficient (Wildman–Crippen LogP) is 5.35. The van der Waals surface area contributed by atoms with Crippen molar-refractivity contribution in [1.82, 2.24) is 10.6 Å². The number of amides is 2. The van der Waals surface area contributed by atoms with E-state index in [2.05, 4.69) is 10.6 Å². The molecule has 15 heteroatoms. The zero-order valence-electron chi connectivity index (χ0n) is 33.6. The third-order valence-electron chi connectivity index (χ3n) is 13.8. The molecule has 0 saturated heterocycles. The molecule has 1 aromatic carbocycles. The minimum Gasteiger partial charge on any atom is -0.461 e. The number of furan rings is 1. The van der Waals surface area contributed by atoms with E-state index >= 15 is 4.39 Å². The Morgan fingerprint density at radius 3 is 2.45 bits per heavy atom. The van der Waals surface area contributed by atoms with Gasteiger partial charge in [0.1, 0.15) is 29.1 Å². The summed E-state index contributed by atoms with van der Waals surface area (Å²) in [4.78, 5) is 62.7. The molecule has 4 aliphatic carbocycles. The average Bonchev–Trinajstić information content (AvgIpc) is 3.59. The minimum atomic E-state index is -2.10. The fraction of sp³-hybridized carbons (Fsp3) is 0.558. The number of carbonyl (C=O) groups is 4. The maximum atomic E-state index is 17.4. The van der Waals surface area contributed by atoms with Crippen molar-refractivity contribution in [1.29, 1.82) is 0 Å². The van der Waals surface area contributed by atoms with E-state index in [0.717, 1.165) is 21.9 Å². The van der Waals surface area contributed by atoms with Gasteiger partial charge in [-0.25, -0.2) is 18.8 Å². The molecule has 14 nitrogen and oxygen atoms in total. The number of alkyl halides is 1. The Balaban J connectivity index is 0.843.